The molecule has 0 fully saturated rings. The van der Waals surface area contributed by atoms with E-state index in [9.17, 15) is 9.18 Å². The van der Waals surface area contributed by atoms with Crippen LogP contribution in [0.4, 0.5) is 4.39 Å². The summed E-state index contributed by atoms with van der Waals surface area (Å²) < 4.78 is 18.7. The smallest absolute Gasteiger partial charge is 0.261 e. The minimum absolute atomic E-state index is 0.238. The predicted molar refractivity (Wildman–Crippen MR) is 94.0 cm³/mol. The summed E-state index contributed by atoms with van der Waals surface area (Å²) >= 11 is 6.13. The standard InChI is InChI=1S/C19H21ClFNO2/c1-11-9-17(10-12(2)18(11)20)24-14(4)19(23)22-13(3)15-5-7-16(21)8-6-15/h5-10,13-14H,1-4H3,(H,22,23). The fourth-order valence-corrected chi connectivity index (χ4v) is 2.51. The van der Waals surface area contributed by atoms with E-state index in [4.69, 9.17) is 16.3 Å². The first-order valence-corrected chi connectivity index (χ1v) is 8.15. The van der Waals surface area contributed by atoms with Gasteiger partial charge in [0.1, 0.15) is 11.6 Å². The highest BCUT2D eigenvalue weighted by Gasteiger charge is 2.18. The van der Waals surface area contributed by atoms with E-state index in [0.717, 1.165) is 16.7 Å². The zero-order valence-electron chi connectivity index (χ0n) is 14.2. The molecule has 3 nitrogen and oxygen atoms in total. The summed E-state index contributed by atoms with van der Waals surface area (Å²) in [6.45, 7) is 7.31. The van der Waals surface area contributed by atoms with Crippen molar-refractivity contribution in [2.45, 2.75) is 39.8 Å². The molecule has 2 aromatic carbocycles. The summed E-state index contributed by atoms with van der Waals surface area (Å²) in [5, 5.41) is 3.56. The lowest BCUT2D eigenvalue weighted by molar-refractivity contribution is -0.127. The number of hydrogen-bond donors (Lipinski definition) is 1. The number of benzene rings is 2. The highest BCUT2D eigenvalue weighted by Crippen LogP contribution is 2.26. The second kappa shape index (κ2) is 7.67. The van der Waals surface area contributed by atoms with E-state index in [1.807, 2.05) is 32.9 Å². The van der Waals surface area contributed by atoms with Gasteiger partial charge in [-0.1, -0.05) is 23.7 Å². The largest absolute Gasteiger partial charge is 0.481 e. The molecule has 0 aliphatic heterocycles. The first-order chi connectivity index (χ1) is 11.3. The van der Waals surface area contributed by atoms with E-state index in [1.165, 1.54) is 12.1 Å². The average Bonchev–Trinajstić information content (AvgIpc) is 2.52. The molecule has 5 heteroatoms. The second-order valence-electron chi connectivity index (χ2n) is 5.91. The third-order valence-electron chi connectivity index (χ3n) is 3.82. The van der Waals surface area contributed by atoms with Gasteiger partial charge in [0.25, 0.3) is 5.91 Å². The molecule has 0 saturated carbocycles. The molecule has 0 bridgehead atoms. The van der Waals surface area contributed by atoms with Gasteiger partial charge in [0, 0.05) is 5.02 Å². The van der Waals surface area contributed by atoms with Crippen molar-refractivity contribution in [1.82, 2.24) is 5.32 Å². The van der Waals surface area contributed by atoms with E-state index < -0.39 is 6.10 Å². The Morgan fingerprint density at radius 3 is 2.21 bits per heavy atom. The van der Waals surface area contributed by atoms with Crippen LogP contribution >= 0.6 is 11.6 Å². The summed E-state index contributed by atoms with van der Waals surface area (Å²) in [4.78, 5) is 12.3. The number of hydrogen-bond acceptors (Lipinski definition) is 2. The van der Waals surface area contributed by atoms with Crippen LogP contribution in [0.15, 0.2) is 36.4 Å². The van der Waals surface area contributed by atoms with E-state index >= 15 is 0 Å². The van der Waals surface area contributed by atoms with Crippen LogP contribution in [0.2, 0.25) is 5.02 Å². The molecule has 2 unspecified atom stereocenters. The van der Waals surface area contributed by atoms with Crippen LogP contribution in [0.25, 0.3) is 0 Å². The monoisotopic (exact) mass is 349 g/mol. The molecule has 1 amide bonds. The lowest BCUT2D eigenvalue weighted by Crippen LogP contribution is -2.37. The minimum atomic E-state index is -0.659. The third kappa shape index (κ3) is 4.48. The Hall–Kier alpha value is -2.07. The molecule has 24 heavy (non-hydrogen) atoms. The number of amides is 1. The molecule has 0 aliphatic rings. The van der Waals surface area contributed by atoms with Gasteiger partial charge in [0.05, 0.1) is 6.04 Å². The molecule has 128 valence electrons. The molecule has 2 atom stereocenters. The van der Waals surface area contributed by atoms with Crippen LogP contribution in [0.5, 0.6) is 5.75 Å². The summed E-state index contributed by atoms with van der Waals surface area (Å²) in [6.07, 6.45) is -0.659. The summed E-state index contributed by atoms with van der Waals surface area (Å²) in [5.74, 6) is 0.0611. The van der Waals surface area contributed by atoms with Gasteiger partial charge in [-0.05, 0) is 68.7 Å². The molecule has 2 aromatic rings. The van der Waals surface area contributed by atoms with Crippen molar-refractivity contribution in [2.75, 3.05) is 0 Å². The molecule has 0 heterocycles. The minimum Gasteiger partial charge on any atom is -0.481 e. The van der Waals surface area contributed by atoms with Crippen molar-refractivity contribution in [3.05, 3.63) is 63.9 Å². The number of carbonyl (C=O) groups excluding carboxylic acids is 1. The van der Waals surface area contributed by atoms with Gasteiger partial charge in [-0.15, -0.1) is 0 Å². The van der Waals surface area contributed by atoms with Crippen LogP contribution in [0.1, 0.15) is 36.6 Å². The molecule has 0 saturated heterocycles. The van der Waals surface area contributed by atoms with Crippen LogP contribution in [-0.4, -0.2) is 12.0 Å². The maximum atomic E-state index is 13.0. The highest BCUT2D eigenvalue weighted by atomic mass is 35.5. The Labute approximate surface area is 146 Å². The van der Waals surface area contributed by atoms with E-state index in [2.05, 4.69) is 5.32 Å². The Morgan fingerprint density at radius 2 is 1.67 bits per heavy atom. The van der Waals surface area contributed by atoms with Crippen molar-refractivity contribution in [2.24, 2.45) is 0 Å². The number of halogens is 2. The lowest BCUT2D eigenvalue weighted by atomic mass is 10.1. The molecule has 1 N–H and O–H groups in total. The predicted octanol–water partition coefficient (Wildman–Crippen LogP) is 4.74. The van der Waals surface area contributed by atoms with Crippen molar-refractivity contribution < 1.29 is 13.9 Å². The Bertz CT molecular complexity index is 708. The average molecular weight is 350 g/mol. The fraction of sp³-hybridized carbons (Fsp3) is 0.316. The maximum absolute atomic E-state index is 13.0. The van der Waals surface area contributed by atoms with Gasteiger partial charge in [-0.2, -0.15) is 0 Å². The van der Waals surface area contributed by atoms with Crippen LogP contribution in [0, 0.1) is 19.7 Å². The third-order valence-corrected chi connectivity index (χ3v) is 4.42. The Kier molecular flexibility index (Phi) is 5.84. The topological polar surface area (TPSA) is 38.3 Å². The van der Waals surface area contributed by atoms with Gasteiger partial charge in [0.15, 0.2) is 6.10 Å². The first-order valence-electron chi connectivity index (χ1n) is 7.77. The number of carbonyl (C=O) groups is 1. The Morgan fingerprint density at radius 1 is 1.12 bits per heavy atom. The van der Waals surface area contributed by atoms with E-state index in [-0.39, 0.29) is 17.8 Å². The number of nitrogens with one attached hydrogen (secondary N) is 1. The van der Waals surface area contributed by atoms with Gasteiger partial charge in [-0.25, -0.2) is 4.39 Å². The lowest BCUT2D eigenvalue weighted by Gasteiger charge is -2.19. The number of aryl methyl sites for hydroxylation is 2. The highest BCUT2D eigenvalue weighted by molar-refractivity contribution is 6.32. The summed E-state index contributed by atoms with van der Waals surface area (Å²) in [5.41, 5.74) is 2.63. The molecular weight excluding hydrogens is 329 g/mol. The van der Waals surface area contributed by atoms with Crippen molar-refractivity contribution >= 4 is 17.5 Å². The van der Waals surface area contributed by atoms with Gasteiger partial charge >= 0.3 is 0 Å². The Balaban J connectivity index is 2.00. The summed E-state index contributed by atoms with van der Waals surface area (Å²) in [6, 6.07) is 9.42. The quantitative estimate of drug-likeness (QED) is 0.846. The van der Waals surface area contributed by atoms with Gasteiger partial charge < -0.3 is 10.1 Å². The second-order valence-corrected chi connectivity index (χ2v) is 6.29. The fourth-order valence-electron chi connectivity index (χ4n) is 2.40. The van der Waals surface area contributed by atoms with Crippen LogP contribution in [0.3, 0.4) is 0 Å². The maximum Gasteiger partial charge on any atom is 0.261 e. The molecule has 2 rings (SSSR count). The van der Waals surface area contributed by atoms with Crippen LogP contribution < -0.4 is 10.1 Å². The summed E-state index contributed by atoms with van der Waals surface area (Å²) in [7, 11) is 0. The van der Waals surface area contributed by atoms with E-state index in [0.29, 0.717) is 10.8 Å². The van der Waals surface area contributed by atoms with Crippen molar-refractivity contribution in [3.8, 4) is 5.75 Å². The van der Waals surface area contributed by atoms with Crippen molar-refractivity contribution in [3.63, 3.8) is 0 Å². The van der Waals surface area contributed by atoms with E-state index in [1.54, 1.807) is 19.1 Å². The zero-order chi connectivity index (χ0) is 17.9. The molecule has 0 spiro atoms. The number of rotatable bonds is 5. The van der Waals surface area contributed by atoms with Crippen LogP contribution in [-0.2, 0) is 4.79 Å². The number of ether oxygens (including phenoxy) is 1. The van der Waals surface area contributed by atoms with Gasteiger partial charge in [-0.3, -0.25) is 4.79 Å². The molecule has 0 aliphatic carbocycles. The first kappa shape index (κ1) is 18.3. The SMILES string of the molecule is Cc1cc(OC(C)C(=O)NC(C)c2ccc(F)cc2)cc(C)c1Cl. The molecule has 0 radical (unpaired) electrons. The zero-order valence-corrected chi connectivity index (χ0v) is 14.9. The van der Waals surface area contributed by atoms with Gasteiger partial charge in [0.2, 0.25) is 0 Å². The van der Waals surface area contributed by atoms with Crippen molar-refractivity contribution in [1.29, 1.82) is 0 Å². The normalized spacial score (nSPS) is 13.2. The molecule has 0 aromatic heterocycles. The molecular formula is C19H21ClFNO2.